The largest absolute Gasteiger partial charge is 0.495 e. The predicted octanol–water partition coefficient (Wildman–Crippen LogP) is 4.56. The molecule has 138 valence electrons. The summed E-state index contributed by atoms with van der Waals surface area (Å²) in [5.41, 5.74) is 1.89. The molecule has 1 heterocycles. The van der Waals surface area contributed by atoms with Crippen LogP contribution >= 0.6 is 11.6 Å². The summed E-state index contributed by atoms with van der Waals surface area (Å²) in [5, 5.41) is 6.44. The molecular weight excluding hydrogens is 369 g/mol. The zero-order valence-corrected chi connectivity index (χ0v) is 15.3. The number of aromatic nitrogens is 1. The summed E-state index contributed by atoms with van der Waals surface area (Å²) in [5.74, 6) is 0.506. The van der Waals surface area contributed by atoms with Gasteiger partial charge in [-0.3, -0.25) is 4.79 Å². The quantitative estimate of drug-likeness (QED) is 0.653. The Bertz CT molecular complexity index is 948. The number of benzene rings is 2. The average molecular weight is 386 g/mol. The van der Waals surface area contributed by atoms with Crippen molar-refractivity contribution in [1.29, 1.82) is 0 Å². The Kier molecular flexibility index (Phi) is 5.88. The van der Waals surface area contributed by atoms with Crippen molar-refractivity contribution in [2.24, 2.45) is 0 Å². The van der Waals surface area contributed by atoms with Crippen LogP contribution in [0.2, 0.25) is 5.02 Å². The van der Waals surface area contributed by atoms with Gasteiger partial charge in [0.1, 0.15) is 17.4 Å². The van der Waals surface area contributed by atoms with Crippen LogP contribution in [0.3, 0.4) is 0 Å². The van der Waals surface area contributed by atoms with Crippen LogP contribution in [-0.2, 0) is 6.54 Å². The Morgan fingerprint density at radius 3 is 2.67 bits per heavy atom. The summed E-state index contributed by atoms with van der Waals surface area (Å²) in [4.78, 5) is 16.6. The number of carbonyl (C=O) groups is 1. The van der Waals surface area contributed by atoms with Crippen molar-refractivity contribution in [3.05, 3.63) is 82.8 Å². The molecule has 0 saturated heterocycles. The van der Waals surface area contributed by atoms with Gasteiger partial charge in [0.2, 0.25) is 0 Å². The van der Waals surface area contributed by atoms with Crippen molar-refractivity contribution in [1.82, 2.24) is 10.3 Å². The molecule has 0 aliphatic rings. The van der Waals surface area contributed by atoms with Gasteiger partial charge in [-0.1, -0.05) is 23.7 Å². The number of carbonyl (C=O) groups excluding carboxylic acids is 1. The second kappa shape index (κ2) is 8.51. The Morgan fingerprint density at radius 1 is 1.15 bits per heavy atom. The first-order valence-electron chi connectivity index (χ1n) is 8.14. The lowest BCUT2D eigenvalue weighted by atomic mass is 10.2. The third-order valence-corrected chi connectivity index (χ3v) is 4.05. The number of amides is 1. The van der Waals surface area contributed by atoms with E-state index >= 15 is 0 Å². The summed E-state index contributed by atoms with van der Waals surface area (Å²) >= 11 is 6.03. The van der Waals surface area contributed by atoms with E-state index in [1.54, 1.807) is 49.6 Å². The molecule has 3 rings (SSSR count). The molecule has 0 unspecified atom stereocenters. The number of nitrogens with zero attached hydrogens (tertiary/aromatic N) is 1. The third kappa shape index (κ3) is 4.95. The van der Waals surface area contributed by atoms with Crippen LogP contribution in [0.25, 0.3) is 0 Å². The number of ether oxygens (including phenoxy) is 1. The molecule has 0 bridgehead atoms. The van der Waals surface area contributed by atoms with Crippen molar-refractivity contribution in [3.63, 3.8) is 0 Å². The van der Waals surface area contributed by atoms with Crippen LogP contribution in [0, 0.1) is 5.82 Å². The molecule has 0 aliphatic heterocycles. The van der Waals surface area contributed by atoms with Gasteiger partial charge in [0.05, 0.1) is 12.8 Å². The fraction of sp³-hybridized carbons (Fsp3) is 0.100. The van der Waals surface area contributed by atoms with E-state index in [-0.39, 0.29) is 11.7 Å². The number of pyridine rings is 1. The van der Waals surface area contributed by atoms with Gasteiger partial charge in [0.15, 0.2) is 0 Å². The molecule has 5 nitrogen and oxygen atoms in total. The summed E-state index contributed by atoms with van der Waals surface area (Å²) < 4.78 is 18.2. The molecular formula is C20H17ClFN3O2. The SMILES string of the molecule is COc1ccc(Cl)cc1Nc1cc(C(=O)NCc2ccc(F)cc2)ccn1. The average Bonchev–Trinajstić information content (AvgIpc) is 2.68. The van der Waals surface area contributed by atoms with Crippen LogP contribution in [-0.4, -0.2) is 18.0 Å². The second-order valence-electron chi connectivity index (χ2n) is 5.71. The minimum absolute atomic E-state index is 0.261. The lowest BCUT2D eigenvalue weighted by molar-refractivity contribution is 0.0951. The van der Waals surface area contributed by atoms with Gasteiger partial charge < -0.3 is 15.4 Å². The fourth-order valence-electron chi connectivity index (χ4n) is 2.44. The normalized spacial score (nSPS) is 10.3. The number of nitrogens with one attached hydrogen (secondary N) is 2. The molecule has 0 aliphatic carbocycles. The van der Waals surface area contributed by atoms with E-state index in [0.717, 1.165) is 5.56 Å². The van der Waals surface area contributed by atoms with Gasteiger partial charge in [-0.25, -0.2) is 9.37 Å². The molecule has 0 saturated carbocycles. The first-order valence-corrected chi connectivity index (χ1v) is 8.52. The third-order valence-electron chi connectivity index (χ3n) is 3.81. The smallest absolute Gasteiger partial charge is 0.251 e. The lowest BCUT2D eigenvalue weighted by Crippen LogP contribution is -2.22. The molecule has 1 aromatic heterocycles. The van der Waals surface area contributed by atoms with Crippen molar-refractivity contribution in [3.8, 4) is 5.75 Å². The number of anilines is 2. The van der Waals surface area contributed by atoms with E-state index in [0.29, 0.717) is 34.4 Å². The highest BCUT2D eigenvalue weighted by atomic mass is 35.5. The summed E-state index contributed by atoms with van der Waals surface area (Å²) in [6.07, 6.45) is 1.53. The molecule has 3 aromatic rings. The Labute approximate surface area is 161 Å². The monoisotopic (exact) mass is 385 g/mol. The zero-order valence-electron chi connectivity index (χ0n) is 14.5. The first-order chi connectivity index (χ1) is 13.0. The lowest BCUT2D eigenvalue weighted by Gasteiger charge is -2.12. The molecule has 0 atom stereocenters. The number of hydrogen-bond donors (Lipinski definition) is 2. The minimum atomic E-state index is -0.314. The number of methoxy groups -OCH3 is 1. The highest BCUT2D eigenvalue weighted by Gasteiger charge is 2.09. The van der Waals surface area contributed by atoms with Gasteiger partial charge >= 0.3 is 0 Å². The van der Waals surface area contributed by atoms with Crippen LogP contribution in [0.1, 0.15) is 15.9 Å². The standard InChI is InChI=1S/C20H17ClFN3O2/c1-27-18-7-4-15(21)11-17(18)25-19-10-14(8-9-23-19)20(26)24-12-13-2-5-16(22)6-3-13/h2-11H,12H2,1H3,(H,23,25)(H,24,26). The predicted molar refractivity (Wildman–Crippen MR) is 103 cm³/mol. The summed E-state index contributed by atoms with van der Waals surface area (Å²) in [6, 6.07) is 14.4. The molecule has 2 aromatic carbocycles. The van der Waals surface area contributed by atoms with E-state index in [9.17, 15) is 9.18 Å². The van der Waals surface area contributed by atoms with Crippen molar-refractivity contribution >= 4 is 29.0 Å². The summed E-state index contributed by atoms with van der Waals surface area (Å²) in [6.45, 7) is 0.298. The maximum absolute atomic E-state index is 12.9. The van der Waals surface area contributed by atoms with E-state index in [1.165, 1.54) is 18.3 Å². The maximum Gasteiger partial charge on any atom is 0.251 e. The van der Waals surface area contributed by atoms with Crippen LogP contribution in [0.5, 0.6) is 5.75 Å². The first kappa shape index (κ1) is 18.7. The molecule has 2 N–H and O–H groups in total. The minimum Gasteiger partial charge on any atom is -0.495 e. The van der Waals surface area contributed by atoms with Crippen LogP contribution in [0.15, 0.2) is 60.8 Å². The number of rotatable bonds is 6. The molecule has 1 amide bonds. The van der Waals surface area contributed by atoms with Crippen LogP contribution in [0.4, 0.5) is 15.9 Å². The van der Waals surface area contributed by atoms with Crippen molar-refractivity contribution in [2.75, 3.05) is 12.4 Å². The topological polar surface area (TPSA) is 63.2 Å². The van der Waals surface area contributed by atoms with Crippen molar-refractivity contribution in [2.45, 2.75) is 6.54 Å². The van der Waals surface area contributed by atoms with Gasteiger partial charge in [0, 0.05) is 23.3 Å². The van der Waals surface area contributed by atoms with Crippen molar-refractivity contribution < 1.29 is 13.9 Å². The van der Waals surface area contributed by atoms with Gasteiger partial charge in [0.25, 0.3) is 5.91 Å². The number of halogens is 2. The molecule has 0 spiro atoms. The second-order valence-corrected chi connectivity index (χ2v) is 6.14. The van der Waals surface area contributed by atoms with E-state index < -0.39 is 0 Å². The van der Waals surface area contributed by atoms with E-state index in [4.69, 9.17) is 16.3 Å². The summed E-state index contributed by atoms with van der Waals surface area (Å²) in [7, 11) is 1.56. The maximum atomic E-state index is 12.9. The zero-order chi connectivity index (χ0) is 19.2. The number of hydrogen-bond acceptors (Lipinski definition) is 4. The molecule has 0 radical (unpaired) electrons. The Balaban J connectivity index is 1.70. The van der Waals surface area contributed by atoms with Gasteiger partial charge in [-0.05, 0) is 48.0 Å². The fourth-order valence-corrected chi connectivity index (χ4v) is 2.61. The van der Waals surface area contributed by atoms with E-state index in [2.05, 4.69) is 15.6 Å². The molecule has 0 fully saturated rings. The van der Waals surface area contributed by atoms with Crippen LogP contribution < -0.4 is 15.4 Å². The van der Waals surface area contributed by atoms with Gasteiger partial charge in [-0.15, -0.1) is 0 Å². The Hall–Kier alpha value is -3.12. The molecule has 27 heavy (non-hydrogen) atoms. The van der Waals surface area contributed by atoms with Gasteiger partial charge in [-0.2, -0.15) is 0 Å². The Morgan fingerprint density at radius 2 is 1.93 bits per heavy atom. The highest BCUT2D eigenvalue weighted by molar-refractivity contribution is 6.31. The highest BCUT2D eigenvalue weighted by Crippen LogP contribution is 2.30. The van der Waals surface area contributed by atoms with E-state index in [1.807, 2.05) is 0 Å². The molecule has 7 heteroatoms.